The molecule has 1 unspecified atom stereocenters. The summed E-state index contributed by atoms with van der Waals surface area (Å²) in [7, 11) is 0. The molecule has 6 heteroatoms. The summed E-state index contributed by atoms with van der Waals surface area (Å²) in [5.41, 5.74) is 1.02. The zero-order valence-electron chi connectivity index (χ0n) is 16.2. The van der Waals surface area contributed by atoms with Gasteiger partial charge in [-0.3, -0.25) is 4.79 Å². The molecule has 1 saturated heterocycles. The maximum absolute atomic E-state index is 12.5. The van der Waals surface area contributed by atoms with Gasteiger partial charge in [0.1, 0.15) is 17.4 Å². The molecule has 1 atom stereocenters. The number of carbonyl (C=O) groups excluding carboxylic acids is 1. The molecule has 1 aliphatic heterocycles. The first-order valence-electron chi connectivity index (χ1n) is 9.91. The number of furan rings is 1. The lowest BCUT2D eigenvalue weighted by Gasteiger charge is -2.32. The van der Waals surface area contributed by atoms with Gasteiger partial charge < -0.3 is 14.6 Å². The second-order valence-electron chi connectivity index (χ2n) is 7.20. The monoisotopic (exact) mass is 388 g/mol. The van der Waals surface area contributed by atoms with Gasteiger partial charge in [-0.25, -0.2) is 9.97 Å². The van der Waals surface area contributed by atoms with Gasteiger partial charge in [0.05, 0.1) is 6.26 Å². The van der Waals surface area contributed by atoms with Crippen molar-refractivity contribution < 1.29 is 9.21 Å². The van der Waals surface area contributed by atoms with Gasteiger partial charge in [-0.15, -0.1) is 0 Å². The van der Waals surface area contributed by atoms with Crippen molar-refractivity contribution in [3.8, 4) is 0 Å². The van der Waals surface area contributed by atoms with E-state index in [2.05, 4.69) is 10.3 Å². The van der Waals surface area contributed by atoms with Gasteiger partial charge in [0.25, 0.3) is 0 Å². The molecular weight excluding hydrogens is 364 g/mol. The molecule has 6 nitrogen and oxygen atoms in total. The number of piperidine rings is 1. The Hall–Kier alpha value is -3.41. The van der Waals surface area contributed by atoms with Crippen molar-refractivity contribution in [2.45, 2.75) is 19.3 Å². The van der Waals surface area contributed by atoms with Gasteiger partial charge in [-0.2, -0.15) is 0 Å². The Bertz CT molecular complexity index is 954. The van der Waals surface area contributed by atoms with Crippen LogP contribution in [0.3, 0.4) is 0 Å². The fourth-order valence-electron chi connectivity index (χ4n) is 3.60. The van der Waals surface area contributed by atoms with Crippen LogP contribution in [0.25, 0.3) is 6.08 Å². The van der Waals surface area contributed by atoms with E-state index in [-0.39, 0.29) is 5.91 Å². The van der Waals surface area contributed by atoms with Crippen molar-refractivity contribution in [1.82, 2.24) is 14.9 Å². The number of pyridine rings is 2. The Morgan fingerprint density at radius 3 is 2.93 bits per heavy atom. The second-order valence-corrected chi connectivity index (χ2v) is 7.20. The molecule has 4 rings (SSSR count). The number of likely N-dealkylation sites (tertiary alicyclic amines) is 1. The topological polar surface area (TPSA) is 71.3 Å². The molecule has 0 bridgehead atoms. The van der Waals surface area contributed by atoms with Gasteiger partial charge >= 0.3 is 0 Å². The highest BCUT2D eigenvalue weighted by molar-refractivity contribution is 5.91. The predicted molar refractivity (Wildman–Crippen MR) is 113 cm³/mol. The largest absolute Gasteiger partial charge is 0.465 e. The molecule has 4 heterocycles. The fraction of sp³-hybridized carbons (Fsp3) is 0.261. The van der Waals surface area contributed by atoms with E-state index in [1.807, 2.05) is 53.4 Å². The van der Waals surface area contributed by atoms with Gasteiger partial charge in [0.15, 0.2) is 0 Å². The number of anilines is 2. The smallest absolute Gasteiger partial charge is 0.246 e. The average Bonchev–Trinajstić information content (AvgIpc) is 3.27. The van der Waals surface area contributed by atoms with Crippen LogP contribution in [0, 0.1) is 5.92 Å². The van der Waals surface area contributed by atoms with Crippen LogP contribution in [-0.2, 0) is 11.2 Å². The molecule has 0 spiro atoms. The van der Waals surface area contributed by atoms with Crippen molar-refractivity contribution in [2.75, 3.05) is 18.4 Å². The average molecular weight is 388 g/mol. The maximum Gasteiger partial charge on any atom is 0.246 e. The van der Waals surface area contributed by atoms with Crippen molar-refractivity contribution in [3.05, 3.63) is 78.5 Å². The number of aromatic nitrogens is 2. The van der Waals surface area contributed by atoms with E-state index in [4.69, 9.17) is 9.40 Å². The molecule has 1 fully saturated rings. The Morgan fingerprint density at radius 2 is 2.10 bits per heavy atom. The Kier molecular flexibility index (Phi) is 6.00. The van der Waals surface area contributed by atoms with Crippen LogP contribution in [0.1, 0.15) is 24.3 Å². The van der Waals surface area contributed by atoms with Crippen LogP contribution < -0.4 is 5.32 Å². The van der Waals surface area contributed by atoms with E-state index in [0.717, 1.165) is 49.7 Å². The highest BCUT2D eigenvalue weighted by Gasteiger charge is 2.23. The van der Waals surface area contributed by atoms with Crippen molar-refractivity contribution in [1.29, 1.82) is 0 Å². The van der Waals surface area contributed by atoms with Crippen molar-refractivity contribution >= 4 is 23.6 Å². The highest BCUT2D eigenvalue weighted by atomic mass is 16.3. The first-order chi connectivity index (χ1) is 14.3. The molecule has 148 valence electrons. The number of rotatable bonds is 6. The summed E-state index contributed by atoms with van der Waals surface area (Å²) in [4.78, 5) is 23.4. The van der Waals surface area contributed by atoms with Gasteiger partial charge in [-0.05, 0) is 67.7 Å². The molecule has 3 aromatic heterocycles. The Labute approximate surface area is 170 Å². The van der Waals surface area contributed by atoms with E-state index in [0.29, 0.717) is 11.7 Å². The third-order valence-electron chi connectivity index (χ3n) is 4.99. The van der Waals surface area contributed by atoms with E-state index in [1.165, 1.54) is 0 Å². The van der Waals surface area contributed by atoms with Crippen molar-refractivity contribution in [3.63, 3.8) is 0 Å². The standard InChI is InChI=1S/C23H24N4O2/c28-23(12-11-20-8-5-15-29-20)27-14-4-6-18(17-27)16-19-7-3-10-22(25-19)26-21-9-1-2-13-24-21/h1-3,5,7-13,15,18H,4,6,14,16-17H2,(H,24,25,26)/b12-11+. The molecule has 0 saturated carbocycles. The minimum absolute atomic E-state index is 0.0321. The molecule has 1 aliphatic rings. The number of nitrogens with zero attached hydrogens (tertiary/aromatic N) is 3. The van der Waals surface area contributed by atoms with Gasteiger partial charge in [0, 0.05) is 31.1 Å². The summed E-state index contributed by atoms with van der Waals surface area (Å²) in [6.45, 7) is 1.55. The molecule has 0 radical (unpaired) electrons. The normalized spacial score (nSPS) is 16.8. The lowest BCUT2D eigenvalue weighted by molar-refractivity contribution is -0.127. The molecule has 0 aromatic carbocycles. The molecule has 1 amide bonds. The molecular formula is C23H24N4O2. The summed E-state index contributed by atoms with van der Waals surface area (Å²) in [5.74, 6) is 2.68. The first kappa shape index (κ1) is 18.9. The number of hydrogen-bond acceptors (Lipinski definition) is 5. The summed E-state index contributed by atoms with van der Waals surface area (Å²) >= 11 is 0. The molecule has 29 heavy (non-hydrogen) atoms. The Morgan fingerprint density at radius 1 is 1.17 bits per heavy atom. The van der Waals surface area contributed by atoms with E-state index in [1.54, 1.807) is 24.6 Å². The van der Waals surface area contributed by atoms with E-state index >= 15 is 0 Å². The molecule has 3 aromatic rings. The Balaban J connectivity index is 1.35. The fourth-order valence-corrected chi connectivity index (χ4v) is 3.60. The van der Waals surface area contributed by atoms with Crippen LogP contribution in [0.2, 0.25) is 0 Å². The molecule has 1 N–H and O–H groups in total. The third kappa shape index (κ3) is 5.31. The number of amides is 1. The minimum atomic E-state index is 0.0321. The number of nitrogens with one attached hydrogen (secondary N) is 1. The highest BCUT2D eigenvalue weighted by Crippen LogP contribution is 2.22. The van der Waals surface area contributed by atoms with Gasteiger partial charge in [0.2, 0.25) is 5.91 Å². The van der Waals surface area contributed by atoms with E-state index < -0.39 is 0 Å². The second kappa shape index (κ2) is 9.19. The SMILES string of the molecule is O=C(/C=C/c1ccco1)N1CCCC(Cc2cccc(Nc3ccccn3)n2)C1. The first-order valence-corrected chi connectivity index (χ1v) is 9.91. The van der Waals surface area contributed by atoms with E-state index in [9.17, 15) is 4.79 Å². The summed E-state index contributed by atoms with van der Waals surface area (Å²) < 4.78 is 5.25. The lowest BCUT2D eigenvalue weighted by atomic mass is 9.93. The third-order valence-corrected chi connectivity index (χ3v) is 4.99. The summed E-state index contributed by atoms with van der Waals surface area (Å²) in [5, 5.41) is 3.23. The minimum Gasteiger partial charge on any atom is -0.465 e. The zero-order valence-corrected chi connectivity index (χ0v) is 16.2. The van der Waals surface area contributed by atoms with Crippen LogP contribution >= 0.6 is 0 Å². The maximum atomic E-state index is 12.5. The lowest BCUT2D eigenvalue weighted by Crippen LogP contribution is -2.39. The van der Waals surface area contributed by atoms with Crippen LogP contribution in [0.5, 0.6) is 0 Å². The van der Waals surface area contributed by atoms with Gasteiger partial charge in [-0.1, -0.05) is 12.1 Å². The van der Waals surface area contributed by atoms with Crippen LogP contribution in [0.15, 0.2) is 71.5 Å². The predicted octanol–water partition coefficient (Wildman–Crippen LogP) is 4.31. The van der Waals surface area contributed by atoms with Crippen LogP contribution in [0.4, 0.5) is 11.6 Å². The summed E-state index contributed by atoms with van der Waals surface area (Å²) in [6.07, 6.45) is 9.63. The number of carbonyl (C=O) groups is 1. The quantitative estimate of drug-likeness (QED) is 0.637. The molecule has 0 aliphatic carbocycles. The van der Waals surface area contributed by atoms with Crippen LogP contribution in [-0.4, -0.2) is 33.9 Å². The van der Waals surface area contributed by atoms with Crippen molar-refractivity contribution in [2.24, 2.45) is 5.92 Å². The summed E-state index contributed by atoms with van der Waals surface area (Å²) in [6, 6.07) is 15.4. The number of hydrogen-bond donors (Lipinski definition) is 1. The zero-order chi connectivity index (χ0) is 19.9.